The molecule has 1 saturated heterocycles. The van der Waals surface area contributed by atoms with E-state index in [2.05, 4.69) is 5.32 Å². The van der Waals surface area contributed by atoms with Crippen LogP contribution in [0.5, 0.6) is 5.75 Å². The summed E-state index contributed by atoms with van der Waals surface area (Å²) in [6.45, 7) is 0. The summed E-state index contributed by atoms with van der Waals surface area (Å²) in [7, 11) is 0. The minimum atomic E-state index is -0.578. The van der Waals surface area contributed by atoms with Crippen molar-refractivity contribution in [2.45, 2.75) is 0 Å². The molecule has 2 amide bonds. The van der Waals surface area contributed by atoms with E-state index in [1.165, 1.54) is 24.5 Å². The number of aromatic hydroxyl groups is 1. The van der Waals surface area contributed by atoms with E-state index in [9.17, 15) is 14.7 Å². The molecule has 2 aromatic rings. The highest BCUT2D eigenvalue weighted by Crippen LogP contribution is 2.24. The van der Waals surface area contributed by atoms with Gasteiger partial charge in [0.15, 0.2) is 5.11 Å². The molecule has 0 bridgehead atoms. The molecule has 1 aliphatic heterocycles. The van der Waals surface area contributed by atoms with Crippen LogP contribution < -0.4 is 10.2 Å². The number of allylic oxidation sites excluding steroid dienone is 2. The monoisotopic (exact) mass is 340 g/mol. The van der Waals surface area contributed by atoms with Crippen molar-refractivity contribution in [3.05, 3.63) is 66.1 Å². The third-order valence-corrected chi connectivity index (χ3v) is 3.54. The number of phenolic OH excluding ortho intramolecular Hbond substituents is 1. The summed E-state index contributed by atoms with van der Waals surface area (Å²) in [5, 5.41) is 12.0. The fourth-order valence-corrected chi connectivity index (χ4v) is 2.45. The van der Waals surface area contributed by atoms with Crippen molar-refractivity contribution in [1.82, 2.24) is 5.32 Å². The Morgan fingerprint density at radius 3 is 2.75 bits per heavy atom. The molecule has 0 atom stereocenters. The van der Waals surface area contributed by atoms with Gasteiger partial charge < -0.3 is 9.52 Å². The van der Waals surface area contributed by atoms with E-state index in [0.717, 1.165) is 4.90 Å². The van der Waals surface area contributed by atoms with Crippen molar-refractivity contribution in [1.29, 1.82) is 0 Å². The minimum absolute atomic E-state index is 0.0109. The molecule has 2 heterocycles. The second kappa shape index (κ2) is 6.51. The molecule has 0 radical (unpaired) electrons. The third-order valence-electron chi connectivity index (χ3n) is 3.26. The highest BCUT2D eigenvalue weighted by molar-refractivity contribution is 7.80. The van der Waals surface area contributed by atoms with Crippen LogP contribution in [-0.4, -0.2) is 22.0 Å². The zero-order valence-corrected chi connectivity index (χ0v) is 13.1. The van der Waals surface area contributed by atoms with Crippen molar-refractivity contribution in [2.75, 3.05) is 4.90 Å². The largest absolute Gasteiger partial charge is 0.508 e. The number of furan rings is 1. The van der Waals surface area contributed by atoms with E-state index < -0.39 is 11.8 Å². The molecule has 1 aliphatic rings. The van der Waals surface area contributed by atoms with Crippen molar-refractivity contribution < 1.29 is 19.1 Å². The van der Waals surface area contributed by atoms with Crippen molar-refractivity contribution in [2.24, 2.45) is 0 Å². The van der Waals surface area contributed by atoms with Gasteiger partial charge in [0.2, 0.25) is 0 Å². The fourth-order valence-electron chi connectivity index (χ4n) is 2.17. The number of carbonyl (C=O) groups excluding carboxylic acids is 2. The number of amides is 2. The Bertz CT molecular complexity index is 868. The molecule has 2 N–H and O–H groups in total. The summed E-state index contributed by atoms with van der Waals surface area (Å²) in [4.78, 5) is 25.8. The van der Waals surface area contributed by atoms with Gasteiger partial charge in [-0.3, -0.25) is 19.8 Å². The number of rotatable bonds is 3. The molecule has 0 saturated carbocycles. The zero-order valence-electron chi connectivity index (χ0n) is 12.3. The summed E-state index contributed by atoms with van der Waals surface area (Å²) < 4.78 is 5.14. The zero-order chi connectivity index (χ0) is 17.1. The van der Waals surface area contributed by atoms with E-state index in [0.29, 0.717) is 11.4 Å². The van der Waals surface area contributed by atoms with Crippen LogP contribution in [0.15, 0.2) is 64.8 Å². The lowest BCUT2D eigenvalue weighted by Crippen LogP contribution is -2.54. The molecule has 7 heteroatoms. The first-order valence-corrected chi connectivity index (χ1v) is 7.38. The van der Waals surface area contributed by atoms with Crippen molar-refractivity contribution in [3.63, 3.8) is 0 Å². The summed E-state index contributed by atoms with van der Waals surface area (Å²) >= 11 is 5.07. The van der Waals surface area contributed by atoms with Gasteiger partial charge in [-0.15, -0.1) is 0 Å². The predicted molar refractivity (Wildman–Crippen MR) is 92.2 cm³/mol. The van der Waals surface area contributed by atoms with Gasteiger partial charge in [0.05, 0.1) is 12.0 Å². The SMILES string of the molecule is O=C1NC(=S)N(c2cccc(O)c2)C(=O)/C1=C\C=C\c1ccco1. The van der Waals surface area contributed by atoms with Crippen molar-refractivity contribution in [3.8, 4) is 5.75 Å². The Kier molecular flexibility index (Phi) is 4.26. The number of carbonyl (C=O) groups is 2. The number of benzene rings is 1. The van der Waals surface area contributed by atoms with E-state index in [-0.39, 0.29) is 16.4 Å². The fraction of sp³-hybridized carbons (Fsp3) is 0. The first-order chi connectivity index (χ1) is 11.6. The molecule has 6 nitrogen and oxygen atoms in total. The van der Waals surface area contributed by atoms with Gasteiger partial charge in [0, 0.05) is 6.07 Å². The molecule has 0 spiro atoms. The van der Waals surface area contributed by atoms with Gasteiger partial charge in [-0.05, 0) is 48.6 Å². The summed E-state index contributed by atoms with van der Waals surface area (Å²) in [5.74, 6) is -0.567. The number of nitrogens with zero attached hydrogens (tertiary/aromatic N) is 1. The quantitative estimate of drug-likeness (QED) is 0.509. The van der Waals surface area contributed by atoms with Gasteiger partial charge in [0.1, 0.15) is 17.1 Å². The van der Waals surface area contributed by atoms with Crippen LogP contribution in [-0.2, 0) is 9.59 Å². The Morgan fingerprint density at radius 2 is 2.04 bits per heavy atom. The molecular formula is C17H12N2O4S. The van der Waals surface area contributed by atoms with Crippen molar-refractivity contribution >= 4 is 40.9 Å². The lowest BCUT2D eigenvalue weighted by Gasteiger charge is -2.28. The summed E-state index contributed by atoms with van der Waals surface area (Å²) in [5.41, 5.74) is 0.292. The maximum absolute atomic E-state index is 12.6. The van der Waals surface area contributed by atoms with Gasteiger partial charge in [-0.2, -0.15) is 0 Å². The van der Waals surface area contributed by atoms with E-state index in [4.69, 9.17) is 16.6 Å². The number of anilines is 1. The maximum atomic E-state index is 12.6. The van der Waals surface area contributed by atoms with Gasteiger partial charge in [-0.1, -0.05) is 12.1 Å². The highest BCUT2D eigenvalue weighted by Gasteiger charge is 2.34. The molecule has 1 fully saturated rings. The standard InChI is InChI=1S/C17H12N2O4S/c20-12-5-1-4-11(10-12)19-16(22)14(15(21)18-17(19)24)8-2-6-13-7-3-9-23-13/h1-10,20H,(H,18,21,24)/b6-2+,14-8-. The molecule has 1 aromatic heterocycles. The minimum Gasteiger partial charge on any atom is -0.508 e. The normalized spacial score (nSPS) is 16.9. The molecular weight excluding hydrogens is 328 g/mol. The number of hydrogen-bond acceptors (Lipinski definition) is 5. The second-order valence-corrected chi connectivity index (χ2v) is 5.26. The van der Waals surface area contributed by atoms with Gasteiger partial charge in [0.25, 0.3) is 11.8 Å². The first kappa shape index (κ1) is 15.7. The lowest BCUT2D eigenvalue weighted by atomic mass is 10.1. The van der Waals surface area contributed by atoms with E-state index >= 15 is 0 Å². The number of phenols is 1. The smallest absolute Gasteiger partial charge is 0.270 e. The molecule has 0 aliphatic carbocycles. The number of hydrogen-bond donors (Lipinski definition) is 2. The Labute approximate surface area is 142 Å². The number of nitrogens with one attached hydrogen (secondary N) is 1. The molecule has 1 aromatic carbocycles. The van der Waals surface area contributed by atoms with E-state index in [1.54, 1.807) is 36.4 Å². The first-order valence-electron chi connectivity index (χ1n) is 6.97. The maximum Gasteiger partial charge on any atom is 0.270 e. The summed E-state index contributed by atoms with van der Waals surface area (Å²) in [6, 6.07) is 9.52. The van der Waals surface area contributed by atoms with Crippen LogP contribution in [0.2, 0.25) is 0 Å². The molecule has 24 heavy (non-hydrogen) atoms. The molecule has 120 valence electrons. The van der Waals surface area contributed by atoms with Crippen LogP contribution in [0.3, 0.4) is 0 Å². The Hall–Kier alpha value is -3.19. The lowest BCUT2D eigenvalue weighted by molar-refractivity contribution is -0.122. The predicted octanol–water partition coefficient (Wildman–Crippen LogP) is 2.37. The molecule has 0 unspecified atom stereocenters. The van der Waals surface area contributed by atoms with Crippen LogP contribution in [0, 0.1) is 0 Å². The van der Waals surface area contributed by atoms with Crippen LogP contribution in [0.1, 0.15) is 5.76 Å². The Balaban J connectivity index is 1.91. The summed E-state index contributed by atoms with van der Waals surface area (Å²) in [6.07, 6.45) is 6.07. The average Bonchev–Trinajstić information content (AvgIpc) is 3.03. The Morgan fingerprint density at radius 1 is 1.21 bits per heavy atom. The number of thiocarbonyl (C=S) groups is 1. The van der Waals surface area contributed by atoms with Gasteiger partial charge in [-0.25, -0.2) is 0 Å². The third kappa shape index (κ3) is 3.11. The van der Waals surface area contributed by atoms with Crippen LogP contribution >= 0.6 is 12.2 Å². The van der Waals surface area contributed by atoms with Crippen LogP contribution in [0.4, 0.5) is 5.69 Å². The average molecular weight is 340 g/mol. The van der Waals surface area contributed by atoms with E-state index in [1.807, 2.05) is 0 Å². The topological polar surface area (TPSA) is 82.8 Å². The second-order valence-electron chi connectivity index (χ2n) is 4.87. The van der Waals surface area contributed by atoms with Gasteiger partial charge >= 0.3 is 0 Å². The highest BCUT2D eigenvalue weighted by atomic mass is 32.1. The molecule has 3 rings (SSSR count). The van der Waals surface area contributed by atoms with Crippen LogP contribution in [0.25, 0.3) is 6.08 Å².